The van der Waals surface area contributed by atoms with Crippen LogP contribution in [0.5, 0.6) is 0 Å². The number of hydrogen-bond donors (Lipinski definition) is 0. The van der Waals surface area contributed by atoms with Crippen LogP contribution in [0.3, 0.4) is 0 Å². The van der Waals surface area contributed by atoms with Gasteiger partial charge in [0.25, 0.3) is 0 Å². The van der Waals surface area contributed by atoms with Gasteiger partial charge >= 0.3 is 18.3 Å². The molecule has 0 nitrogen and oxygen atoms in total. The van der Waals surface area contributed by atoms with E-state index in [2.05, 4.69) is 0 Å². The molecule has 7 heteroatoms. The van der Waals surface area contributed by atoms with Crippen LogP contribution < -0.4 is 0 Å². The van der Waals surface area contributed by atoms with Gasteiger partial charge in [0.15, 0.2) is 0 Å². The zero-order valence-corrected chi connectivity index (χ0v) is 8.48. The SMILES string of the molecule is CCCSC#CC(F)(F)C(F)(F)C(F)F. The summed E-state index contributed by atoms with van der Waals surface area (Å²) in [5.41, 5.74) is 0. The third kappa shape index (κ3) is 3.86. The van der Waals surface area contributed by atoms with Gasteiger partial charge in [0.1, 0.15) is 0 Å². The molecule has 0 saturated heterocycles. The Kier molecular flexibility index (Phi) is 5.35. The Labute approximate surface area is 87.4 Å². The summed E-state index contributed by atoms with van der Waals surface area (Å²) >= 11 is 0.689. The summed E-state index contributed by atoms with van der Waals surface area (Å²) in [7, 11) is 0. The molecule has 0 aliphatic carbocycles. The predicted octanol–water partition coefficient (Wildman–Crippen LogP) is 3.63. The molecule has 0 spiro atoms. The molecule has 0 atom stereocenters. The Morgan fingerprint density at radius 1 is 1.20 bits per heavy atom. The highest BCUT2D eigenvalue weighted by molar-refractivity contribution is 8.03. The van der Waals surface area contributed by atoms with Crippen molar-refractivity contribution in [2.24, 2.45) is 0 Å². The van der Waals surface area contributed by atoms with Crippen LogP contribution in [0, 0.1) is 11.2 Å². The molecule has 0 unspecified atom stereocenters. The molecular formula is C8H8F6S. The van der Waals surface area contributed by atoms with E-state index >= 15 is 0 Å². The number of thioether (sulfide) groups is 1. The second kappa shape index (κ2) is 5.54. The van der Waals surface area contributed by atoms with Crippen LogP contribution in [0.1, 0.15) is 13.3 Å². The highest BCUT2D eigenvalue weighted by Crippen LogP contribution is 2.38. The lowest BCUT2D eigenvalue weighted by atomic mass is 10.2. The summed E-state index contributed by atoms with van der Waals surface area (Å²) in [5.74, 6) is -9.16. The fourth-order valence-electron chi connectivity index (χ4n) is 0.474. The molecular weight excluding hydrogens is 242 g/mol. The van der Waals surface area contributed by atoms with Crippen molar-refractivity contribution in [3.8, 4) is 11.2 Å². The van der Waals surface area contributed by atoms with Gasteiger partial charge < -0.3 is 0 Å². The number of hydrogen-bond acceptors (Lipinski definition) is 1. The fourth-order valence-corrected chi connectivity index (χ4v) is 0.980. The molecule has 0 bridgehead atoms. The maximum Gasteiger partial charge on any atom is 0.380 e. The van der Waals surface area contributed by atoms with E-state index in [-0.39, 0.29) is 0 Å². The van der Waals surface area contributed by atoms with Crippen molar-refractivity contribution < 1.29 is 26.3 Å². The minimum absolute atomic E-state index is 0.378. The monoisotopic (exact) mass is 250 g/mol. The Bertz CT molecular complexity index is 252. The summed E-state index contributed by atoms with van der Waals surface area (Å²) in [6, 6.07) is 0. The molecule has 0 aromatic rings. The number of halogens is 6. The highest BCUT2D eigenvalue weighted by atomic mass is 32.2. The van der Waals surface area contributed by atoms with Crippen molar-refractivity contribution in [2.45, 2.75) is 31.6 Å². The summed E-state index contributed by atoms with van der Waals surface area (Å²) in [4.78, 5) is 0. The fraction of sp³-hybridized carbons (Fsp3) is 0.750. The molecule has 0 amide bonds. The molecule has 0 aromatic heterocycles. The maximum atomic E-state index is 12.5. The van der Waals surface area contributed by atoms with Gasteiger partial charge in [-0.05, 0) is 17.6 Å². The standard InChI is InChI=1S/C8H8F6S/c1-2-4-15-5-3-7(11,12)8(13,14)6(9)10/h6H,2,4H2,1H3. The van der Waals surface area contributed by atoms with E-state index in [4.69, 9.17) is 0 Å². The van der Waals surface area contributed by atoms with Gasteiger partial charge in [0.2, 0.25) is 0 Å². The van der Waals surface area contributed by atoms with E-state index in [0.29, 0.717) is 23.9 Å². The largest absolute Gasteiger partial charge is 0.380 e. The Morgan fingerprint density at radius 2 is 1.73 bits per heavy atom. The first-order valence-corrected chi connectivity index (χ1v) is 4.92. The molecule has 0 heterocycles. The highest BCUT2D eigenvalue weighted by Gasteiger charge is 2.62. The zero-order valence-electron chi connectivity index (χ0n) is 7.67. The van der Waals surface area contributed by atoms with Crippen LogP contribution in [0.25, 0.3) is 0 Å². The summed E-state index contributed by atoms with van der Waals surface area (Å²) in [6.45, 7) is 1.74. The van der Waals surface area contributed by atoms with E-state index in [0.717, 1.165) is 5.92 Å². The topological polar surface area (TPSA) is 0 Å². The Balaban J connectivity index is 4.57. The second-order valence-electron chi connectivity index (χ2n) is 2.57. The normalized spacial score (nSPS) is 12.5. The van der Waals surface area contributed by atoms with Gasteiger partial charge in [-0.25, -0.2) is 8.78 Å². The first-order chi connectivity index (χ1) is 6.75. The van der Waals surface area contributed by atoms with Crippen molar-refractivity contribution in [2.75, 3.05) is 5.75 Å². The lowest BCUT2D eigenvalue weighted by Gasteiger charge is -2.20. The molecule has 0 fully saturated rings. The summed E-state index contributed by atoms with van der Waals surface area (Å²) in [5, 5.41) is 1.69. The molecule has 0 N–H and O–H groups in total. The van der Waals surface area contributed by atoms with Crippen molar-refractivity contribution in [1.82, 2.24) is 0 Å². The number of rotatable bonds is 4. The van der Waals surface area contributed by atoms with Gasteiger partial charge in [-0.1, -0.05) is 18.7 Å². The van der Waals surface area contributed by atoms with E-state index in [1.165, 1.54) is 0 Å². The zero-order chi connectivity index (χ0) is 12.1. The van der Waals surface area contributed by atoms with Crippen molar-refractivity contribution in [1.29, 1.82) is 0 Å². The second-order valence-corrected chi connectivity index (χ2v) is 3.47. The van der Waals surface area contributed by atoms with Gasteiger partial charge in [-0.15, -0.1) is 0 Å². The van der Waals surface area contributed by atoms with E-state index < -0.39 is 18.3 Å². The minimum atomic E-state index is -5.41. The van der Waals surface area contributed by atoms with Gasteiger partial charge in [-0.2, -0.15) is 17.6 Å². The van der Waals surface area contributed by atoms with Crippen LogP contribution in [0.2, 0.25) is 0 Å². The maximum absolute atomic E-state index is 12.5. The predicted molar refractivity (Wildman–Crippen MR) is 46.4 cm³/mol. The van der Waals surface area contributed by atoms with Crippen LogP contribution in [-0.2, 0) is 0 Å². The number of alkyl halides is 6. The van der Waals surface area contributed by atoms with E-state index in [1.54, 1.807) is 12.2 Å². The third-order valence-corrected chi connectivity index (χ3v) is 2.14. The molecule has 0 saturated carbocycles. The smallest absolute Gasteiger partial charge is 0.203 e. The molecule has 88 valence electrons. The van der Waals surface area contributed by atoms with Gasteiger partial charge in [0.05, 0.1) is 0 Å². The molecule has 0 radical (unpaired) electrons. The Hall–Kier alpha value is -0.510. The first-order valence-electron chi connectivity index (χ1n) is 3.93. The average Bonchev–Trinajstić information content (AvgIpc) is 2.12. The van der Waals surface area contributed by atoms with Crippen LogP contribution in [-0.4, -0.2) is 24.0 Å². The molecule has 0 aromatic carbocycles. The minimum Gasteiger partial charge on any atom is -0.203 e. The average molecular weight is 250 g/mol. The van der Waals surface area contributed by atoms with E-state index in [1.807, 2.05) is 0 Å². The van der Waals surface area contributed by atoms with Crippen LogP contribution >= 0.6 is 11.8 Å². The molecule has 0 aliphatic rings. The lowest BCUT2D eigenvalue weighted by molar-refractivity contribution is -0.237. The Morgan fingerprint density at radius 3 is 2.13 bits per heavy atom. The molecule has 0 rings (SSSR count). The van der Waals surface area contributed by atoms with Crippen molar-refractivity contribution >= 4 is 11.8 Å². The quantitative estimate of drug-likeness (QED) is 0.417. The molecule has 0 aliphatic heterocycles. The van der Waals surface area contributed by atoms with E-state index in [9.17, 15) is 26.3 Å². The summed E-state index contributed by atoms with van der Waals surface area (Å²) < 4.78 is 72.5. The van der Waals surface area contributed by atoms with Crippen molar-refractivity contribution in [3.05, 3.63) is 0 Å². The third-order valence-electron chi connectivity index (χ3n) is 1.28. The van der Waals surface area contributed by atoms with Gasteiger partial charge in [-0.3, -0.25) is 0 Å². The lowest BCUT2D eigenvalue weighted by Crippen LogP contribution is -2.45. The first kappa shape index (κ1) is 14.5. The van der Waals surface area contributed by atoms with Gasteiger partial charge in [0, 0.05) is 5.75 Å². The molecule has 15 heavy (non-hydrogen) atoms. The van der Waals surface area contributed by atoms with Crippen LogP contribution in [0.15, 0.2) is 0 Å². The van der Waals surface area contributed by atoms with Crippen LogP contribution in [0.4, 0.5) is 26.3 Å². The van der Waals surface area contributed by atoms with Crippen molar-refractivity contribution in [3.63, 3.8) is 0 Å². The summed E-state index contributed by atoms with van der Waals surface area (Å²) in [6.07, 6.45) is -3.81.